The molecule has 1 aliphatic heterocycles. The smallest absolute Gasteiger partial charge is 0.303 e. The predicted molar refractivity (Wildman–Crippen MR) is 136 cm³/mol. The fourth-order valence-electron chi connectivity index (χ4n) is 4.26. The van der Waals surface area contributed by atoms with Crippen molar-refractivity contribution in [2.45, 2.75) is 78.6 Å². The Labute approximate surface area is 200 Å². The van der Waals surface area contributed by atoms with Crippen molar-refractivity contribution in [3.05, 3.63) is 70.8 Å². The highest BCUT2D eigenvalue weighted by atomic mass is 16.4. The monoisotopic (exact) mass is 451 g/mol. The van der Waals surface area contributed by atoms with Gasteiger partial charge in [0, 0.05) is 25.1 Å². The zero-order valence-electron chi connectivity index (χ0n) is 20.7. The van der Waals surface area contributed by atoms with Crippen LogP contribution >= 0.6 is 0 Å². The molecule has 0 spiro atoms. The molecule has 0 bridgehead atoms. The predicted octanol–water partition coefficient (Wildman–Crippen LogP) is 6.73. The Kier molecular flexibility index (Phi) is 11.7. The first-order valence-corrected chi connectivity index (χ1v) is 12.4. The van der Waals surface area contributed by atoms with E-state index in [0.29, 0.717) is 0 Å². The van der Waals surface area contributed by atoms with Gasteiger partial charge in [-0.3, -0.25) is 9.59 Å². The number of carbonyl (C=O) groups excluding carboxylic acids is 1. The van der Waals surface area contributed by atoms with Crippen LogP contribution < -0.4 is 0 Å². The van der Waals surface area contributed by atoms with E-state index in [0.717, 1.165) is 70.0 Å². The van der Waals surface area contributed by atoms with Crippen molar-refractivity contribution < 1.29 is 14.7 Å². The summed E-state index contributed by atoms with van der Waals surface area (Å²) in [4.78, 5) is 25.3. The molecule has 33 heavy (non-hydrogen) atoms. The Morgan fingerprint density at radius 1 is 1.06 bits per heavy atom. The second-order valence-corrected chi connectivity index (χ2v) is 9.49. The molecular formula is C29H41NO3. The van der Waals surface area contributed by atoms with Crippen LogP contribution in [0.1, 0.15) is 77.7 Å². The molecule has 180 valence electrons. The first-order chi connectivity index (χ1) is 15.8. The molecule has 0 aromatic heterocycles. The fraction of sp³-hybridized carbons (Fsp3) is 0.517. The number of hydrogen-bond donors (Lipinski definition) is 1. The number of amides is 1. The van der Waals surface area contributed by atoms with Gasteiger partial charge in [0.05, 0.1) is 0 Å². The molecule has 0 fully saturated rings. The number of benzene rings is 1. The largest absolute Gasteiger partial charge is 0.481 e. The van der Waals surface area contributed by atoms with Gasteiger partial charge in [-0.05, 0) is 76.7 Å². The van der Waals surface area contributed by atoms with Gasteiger partial charge in [-0.15, -0.1) is 0 Å². The maximum absolute atomic E-state index is 12.6. The normalized spacial score (nSPS) is 15.7. The molecule has 1 amide bonds. The first-order valence-electron chi connectivity index (χ1n) is 12.4. The highest BCUT2D eigenvalue weighted by Gasteiger charge is 2.22. The van der Waals surface area contributed by atoms with Crippen LogP contribution in [0.25, 0.3) is 0 Å². The SMILES string of the molecule is CC(=CCCC1=CCN(CCc2ccccc2)C1=O)CCC=C(C)CCCC(C)CC(=O)O. The number of aliphatic carboxylic acids is 1. The van der Waals surface area contributed by atoms with Gasteiger partial charge in [-0.1, -0.05) is 66.6 Å². The molecule has 1 aromatic carbocycles. The number of rotatable bonds is 15. The topological polar surface area (TPSA) is 57.6 Å². The maximum Gasteiger partial charge on any atom is 0.303 e. The standard InChI is InChI=1S/C29H41NO3/c1-23(12-8-14-25(3)22-28(31)32)10-7-11-24(2)13-9-17-27-19-21-30(29(27)33)20-18-26-15-5-4-6-16-26/h4-6,10,13,15-16,19,25H,7-9,11-12,14,17-18,20-22H2,1-3H3,(H,31,32). The second kappa shape index (κ2) is 14.5. The number of allylic oxidation sites excluding steroid dienone is 4. The Bertz CT molecular complexity index is 851. The van der Waals surface area contributed by atoms with Gasteiger partial charge in [0.1, 0.15) is 0 Å². The average Bonchev–Trinajstić information content (AvgIpc) is 3.12. The molecule has 1 aliphatic rings. The van der Waals surface area contributed by atoms with Crippen molar-refractivity contribution in [3.8, 4) is 0 Å². The maximum atomic E-state index is 12.6. The fourth-order valence-corrected chi connectivity index (χ4v) is 4.26. The lowest BCUT2D eigenvalue weighted by atomic mass is 9.98. The summed E-state index contributed by atoms with van der Waals surface area (Å²) in [5.41, 5.74) is 5.00. The number of hydrogen-bond acceptors (Lipinski definition) is 2. The Morgan fingerprint density at radius 3 is 2.48 bits per heavy atom. The van der Waals surface area contributed by atoms with E-state index in [4.69, 9.17) is 5.11 Å². The van der Waals surface area contributed by atoms with E-state index >= 15 is 0 Å². The molecule has 0 saturated heterocycles. The van der Waals surface area contributed by atoms with Crippen molar-refractivity contribution in [2.75, 3.05) is 13.1 Å². The van der Waals surface area contributed by atoms with Crippen LogP contribution in [0.2, 0.25) is 0 Å². The van der Waals surface area contributed by atoms with E-state index in [1.54, 1.807) is 0 Å². The van der Waals surface area contributed by atoms with Crippen molar-refractivity contribution in [2.24, 2.45) is 5.92 Å². The minimum absolute atomic E-state index is 0.202. The Hall–Kier alpha value is -2.62. The zero-order chi connectivity index (χ0) is 24.1. The molecule has 1 N–H and O–H groups in total. The summed E-state index contributed by atoms with van der Waals surface area (Å²) >= 11 is 0. The van der Waals surface area contributed by atoms with E-state index in [9.17, 15) is 9.59 Å². The molecule has 0 saturated carbocycles. The highest BCUT2D eigenvalue weighted by Crippen LogP contribution is 2.19. The van der Waals surface area contributed by atoms with Crippen LogP contribution in [0.3, 0.4) is 0 Å². The summed E-state index contributed by atoms with van der Waals surface area (Å²) in [5, 5.41) is 8.83. The number of carboxylic acids is 1. The van der Waals surface area contributed by atoms with Crippen molar-refractivity contribution >= 4 is 11.9 Å². The molecule has 4 nitrogen and oxygen atoms in total. The Morgan fingerprint density at radius 2 is 1.76 bits per heavy atom. The van der Waals surface area contributed by atoms with Crippen molar-refractivity contribution in [3.63, 3.8) is 0 Å². The molecule has 0 radical (unpaired) electrons. The highest BCUT2D eigenvalue weighted by molar-refractivity contribution is 5.95. The lowest BCUT2D eigenvalue weighted by Crippen LogP contribution is -2.29. The van der Waals surface area contributed by atoms with Crippen LogP contribution in [0.15, 0.2) is 65.3 Å². The van der Waals surface area contributed by atoms with Crippen LogP contribution in [0.5, 0.6) is 0 Å². The minimum Gasteiger partial charge on any atom is -0.481 e. The molecule has 1 aromatic rings. The lowest BCUT2D eigenvalue weighted by Gasteiger charge is -2.16. The van der Waals surface area contributed by atoms with E-state index < -0.39 is 5.97 Å². The summed E-state index contributed by atoms with van der Waals surface area (Å²) in [6, 6.07) is 10.3. The van der Waals surface area contributed by atoms with Crippen molar-refractivity contribution in [1.82, 2.24) is 4.90 Å². The molecular weight excluding hydrogens is 410 g/mol. The van der Waals surface area contributed by atoms with E-state index in [1.165, 1.54) is 16.7 Å². The van der Waals surface area contributed by atoms with Gasteiger partial charge in [-0.2, -0.15) is 0 Å². The number of nitrogens with zero attached hydrogens (tertiary/aromatic N) is 1. The van der Waals surface area contributed by atoms with Crippen molar-refractivity contribution in [1.29, 1.82) is 0 Å². The molecule has 1 unspecified atom stereocenters. The summed E-state index contributed by atoms with van der Waals surface area (Å²) in [5.74, 6) is -0.252. The van der Waals surface area contributed by atoms with E-state index in [-0.39, 0.29) is 18.2 Å². The molecule has 1 atom stereocenters. The second-order valence-electron chi connectivity index (χ2n) is 9.49. The van der Waals surface area contributed by atoms with E-state index in [2.05, 4.69) is 44.2 Å². The minimum atomic E-state index is -0.703. The van der Waals surface area contributed by atoms with Crippen LogP contribution in [-0.4, -0.2) is 35.0 Å². The third-order valence-electron chi connectivity index (χ3n) is 6.36. The average molecular weight is 452 g/mol. The quantitative estimate of drug-likeness (QED) is 0.301. The van der Waals surface area contributed by atoms with Gasteiger partial charge in [-0.25, -0.2) is 0 Å². The van der Waals surface area contributed by atoms with Crippen LogP contribution in [-0.2, 0) is 16.0 Å². The summed E-state index contributed by atoms with van der Waals surface area (Å²) < 4.78 is 0. The summed E-state index contributed by atoms with van der Waals surface area (Å²) in [6.45, 7) is 7.87. The third-order valence-corrected chi connectivity index (χ3v) is 6.36. The van der Waals surface area contributed by atoms with Gasteiger partial charge >= 0.3 is 5.97 Å². The van der Waals surface area contributed by atoms with Gasteiger partial charge in [0.15, 0.2) is 0 Å². The molecule has 0 aliphatic carbocycles. The van der Waals surface area contributed by atoms with Gasteiger partial charge in [0.2, 0.25) is 5.91 Å². The van der Waals surface area contributed by atoms with Gasteiger partial charge < -0.3 is 10.0 Å². The lowest BCUT2D eigenvalue weighted by molar-refractivity contribution is -0.138. The zero-order valence-corrected chi connectivity index (χ0v) is 20.7. The van der Waals surface area contributed by atoms with Crippen LogP contribution in [0, 0.1) is 5.92 Å². The van der Waals surface area contributed by atoms with E-state index in [1.807, 2.05) is 30.0 Å². The Balaban J connectivity index is 1.61. The van der Waals surface area contributed by atoms with Crippen LogP contribution in [0.4, 0.5) is 0 Å². The molecule has 4 heteroatoms. The first kappa shape index (κ1) is 26.6. The molecule has 2 rings (SSSR count). The number of carbonyl (C=O) groups is 2. The molecule has 1 heterocycles. The number of carboxylic acid groups (broad SMARTS) is 1. The van der Waals surface area contributed by atoms with Gasteiger partial charge in [0.25, 0.3) is 0 Å². The summed E-state index contributed by atoms with van der Waals surface area (Å²) in [7, 11) is 0. The summed E-state index contributed by atoms with van der Waals surface area (Å²) in [6.07, 6.45) is 14.7. The third kappa shape index (κ3) is 10.7.